The quantitative estimate of drug-likeness (QED) is 0.380. The summed E-state index contributed by atoms with van der Waals surface area (Å²) in [6.45, 7) is 5.47. The third-order valence-corrected chi connectivity index (χ3v) is 5.59. The maximum Gasteiger partial charge on any atom is 0.274 e. The maximum absolute atomic E-state index is 12.2. The summed E-state index contributed by atoms with van der Waals surface area (Å²) < 4.78 is 9.16. The van der Waals surface area contributed by atoms with Crippen LogP contribution in [0.3, 0.4) is 0 Å². The smallest absolute Gasteiger partial charge is 0.274 e. The lowest BCUT2D eigenvalue weighted by Gasteiger charge is -2.12. The molecule has 4 rings (SSSR count). The van der Waals surface area contributed by atoms with Crippen molar-refractivity contribution in [2.45, 2.75) is 44.3 Å². The van der Waals surface area contributed by atoms with E-state index >= 15 is 0 Å². The average molecular weight is 441 g/mol. The van der Waals surface area contributed by atoms with E-state index in [4.69, 9.17) is 10.5 Å². The molecule has 0 aliphatic rings. The molecular weight excluding hydrogens is 416 g/mol. The molecule has 0 spiro atoms. The van der Waals surface area contributed by atoms with Crippen LogP contribution in [-0.4, -0.2) is 34.3 Å². The second-order valence-corrected chi connectivity index (χ2v) is 8.40. The van der Waals surface area contributed by atoms with Gasteiger partial charge in [0.05, 0.1) is 5.69 Å². The lowest BCUT2D eigenvalue weighted by Crippen LogP contribution is -2.15. The Hall–Kier alpha value is -3.34. The van der Waals surface area contributed by atoms with Crippen LogP contribution >= 0.6 is 11.8 Å². The molecule has 31 heavy (non-hydrogen) atoms. The van der Waals surface area contributed by atoms with Crippen molar-refractivity contribution in [2.75, 3.05) is 5.73 Å². The van der Waals surface area contributed by atoms with Gasteiger partial charge in [0, 0.05) is 18.4 Å². The van der Waals surface area contributed by atoms with Gasteiger partial charge in [0.25, 0.3) is 11.3 Å². The first kappa shape index (κ1) is 20.9. The molecule has 0 unspecified atom stereocenters. The van der Waals surface area contributed by atoms with E-state index < -0.39 is 0 Å². The number of benzene rings is 1. The van der Waals surface area contributed by atoms with Gasteiger partial charge in [-0.25, -0.2) is 4.98 Å². The Labute approximate surface area is 182 Å². The number of hydrogen-bond acceptors (Lipinski definition) is 8. The molecule has 0 radical (unpaired) electrons. The van der Waals surface area contributed by atoms with Crippen LogP contribution in [0.1, 0.15) is 31.8 Å². The zero-order valence-corrected chi connectivity index (χ0v) is 18.2. The minimum Gasteiger partial charge on any atom is -0.486 e. The number of nitrogens with two attached hydrogens (primary N) is 1. The Bertz CT molecular complexity index is 1220. The number of nitrogens with zero attached hydrogens (tertiary/aromatic N) is 6. The minimum absolute atomic E-state index is 0.144. The summed E-state index contributed by atoms with van der Waals surface area (Å²) in [5.74, 6) is 2.93. The number of para-hydroxylation sites is 1. The summed E-state index contributed by atoms with van der Waals surface area (Å²) in [5.41, 5.74) is 5.96. The van der Waals surface area contributed by atoms with Gasteiger partial charge < -0.3 is 15.0 Å². The number of thioether (sulfide) groups is 1. The predicted molar refractivity (Wildman–Crippen MR) is 118 cm³/mol. The largest absolute Gasteiger partial charge is 0.486 e. The number of H-pyrrole nitrogens is 1. The van der Waals surface area contributed by atoms with Crippen LogP contribution < -0.4 is 16.0 Å². The monoisotopic (exact) mass is 440 g/mol. The number of rotatable bonds is 9. The minimum atomic E-state index is -0.261. The lowest BCUT2D eigenvalue weighted by molar-refractivity contribution is 0.285. The summed E-state index contributed by atoms with van der Waals surface area (Å²) in [5, 5.41) is 12.1. The standard InChI is InChI=1S/C20H24N8O2S/c1-13(2)8-9-27-16(11-30-15-6-4-3-5-7-15)24-25-20(27)31-12-14-10-17(29)28-19(22-14)23-18(21)26-28/h3-7,10,13H,8-9,11-12H2,1-2H3,(H3,21,22,23,26). The molecule has 0 aliphatic heterocycles. The molecule has 0 saturated heterocycles. The third-order valence-electron chi connectivity index (χ3n) is 4.58. The Morgan fingerprint density at radius 3 is 2.77 bits per heavy atom. The molecule has 162 valence electrons. The molecule has 0 bridgehead atoms. The Morgan fingerprint density at radius 2 is 2.00 bits per heavy atom. The Morgan fingerprint density at radius 1 is 1.19 bits per heavy atom. The number of anilines is 1. The normalized spacial score (nSPS) is 11.5. The van der Waals surface area contributed by atoms with E-state index in [2.05, 4.69) is 43.7 Å². The Balaban J connectivity index is 1.51. The maximum atomic E-state index is 12.2. The number of aromatic amines is 1. The van der Waals surface area contributed by atoms with Crippen molar-refractivity contribution in [1.82, 2.24) is 34.3 Å². The number of nitrogens with one attached hydrogen (secondary N) is 1. The van der Waals surface area contributed by atoms with E-state index in [0.717, 1.165) is 29.7 Å². The van der Waals surface area contributed by atoms with Crippen LogP contribution in [0.5, 0.6) is 5.75 Å². The lowest BCUT2D eigenvalue weighted by atomic mass is 10.1. The molecule has 3 aromatic heterocycles. The van der Waals surface area contributed by atoms with Crippen molar-refractivity contribution < 1.29 is 4.74 Å². The van der Waals surface area contributed by atoms with Crippen molar-refractivity contribution in [3.8, 4) is 5.75 Å². The molecule has 3 heterocycles. The molecule has 10 nitrogen and oxygen atoms in total. The van der Waals surface area contributed by atoms with Gasteiger partial charge in [0.1, 0.15) is 12.4 Å². The van der Waals surface area contributed by atoms with Crippen molar-refractivity contribution >= 4 is 23.5 Å². The SMILES string of the molecule is CC(C)CCn1c(COc2ccccc2)nnc1SCc1cc(=O)n2[nH]c(N)nc2n1. The molecule has 0 saturated carbocycles. The highest BCUT2D eigenvalue weighted by Crippen LogP contribution is 2.23. The summed E-state index contributed by atoms with van der Waals surface area (Å²) in [6.07, 6.45) is 0.988. The number of ether oxygens (including phenoxy) is 1. The molecule has 3 N–H and O–H groups in total. The third kappa shape index (κ3) is 5.05. The van der Waals surface area contributed by atoms with Crippen molar-refractivity contribution in [3.05, 3.63) is 58.3 Å². The van der Waals surface area contributed by atoms with Gasteiger partial charge in [-0.3, -0.25) is 9.89 Å². The molecule has 0 amide bonds. The summed E-state index contributed by atoms with van der Waals surface area (Å²) >= 11 is 1.47. The van der Waals surface area contributed by atoms with E-state index in [1.165, 1.54) is 22.3 Å². The van der Waals surface area contributed by atoms with Gasteiger partial charge in [-0.2, -0.15) is 9.50 Å². The predicted octanol–water partition coefficient (Wildman–Crippen LogP) is 2.51. The first-order valence-corrected chi connectivity index (χ1v) is 10.9. The first-order chi connectivity index (χ1) is 15.0. The molecule has 0 atom stereocenters. The van der Waals surface area contributed by atoms with Crippen LogP contribution in [0.4, 0.5) is 5.95 Å². The van der Waals surface area contributed by atoms with Crippen LogP contribution in [-0.2, 0) is 18.9 Å². The van der Waals surface area contributed by atoms with Crippen LogP contribution in [0.25, 0.3) is 5.78 Å². The van der Waals surface area contributed by atoms with Gasteiger partial charge in [-0.05, 0) is 24.5 Å². The molecular formula is C20H24N8O2S. The fraction of sp³-hybridized carbons (Fsp3) is 0.350. The fourth-order valence-corrected chi connectivity index (χ4v) is 3.84. The van der Waals surface area contributed by atoms with Crippen LogP contribution in [0, 0.1) is 5.92 Å². The van der Waals surface area contributed by atoms with E-state index in [0.29, 0.717) is 24.0 Å². The highest BCUT2D eigenvalue weighted by atomic mass is 32.2. The number of aromatic nitrogens is 7. The average Bonchev–Trinajstić information content (AvgIpc) is 3.32. The van der Waals surface area contributed by atoms with Crippen molar-refractivity contribution in [3.63, 3.8) is 0 Å². The fourth-order valence-electron chi connectivity index (χ4n) is 2.97. The van der Waals surface area contributed by atoms with Gasteiger partial charge >= 0.3 is 0 Å². The zero-order valence-electron chi connectivity index (χ0n) is 17.4. The van der Waals surface area contributed by atoms with E-state index in [-0.39, 0.29) is 17.3 Å². The number of nitrogen functional groups attached to an aromatic ring is 1. The number of hydrogen-bond donors (Lipinski definition) is 2. The molecule has 4 aromatic rings. The van der Waals surface area contributed by atoms with Gasteiger partial charge in [-0.15, -0.1) is 10.2 Å². The molecule has 1 aromatic carbocycles. The molecule has 0 fully saturated rings. The van der Waals surface area contributed by atoms with Gasteiger partial charge in [0.15, 0.2) is 11.0 Å². The second-order valence-electron chi connectivity index (χ2n) is 7.45. The van der Waals surface area contributed by atoms with E-state index in [1.54, 1.807) is 0 Å². The highest BCUT2D eigenvalue weighted by molar-refractivity contribution is 7.98. The van der Waals surface area contributed by atoms with Crippen LogP contribution in [0.2, 0.25) is 0 Å². The summed E-state index contributed by atoms with van der Waals surface area (Å²) in [7, 11) is 0. The molecule has 11 heteroatoms. The van der Waals surface area contributed by atoms with Crippen LogP contribution in [0.15, 0.2) is 46.3 Å². The molecule has 0 aliphatic carbocycles. The first-order valence-electron chi connectivity index (χ1n) is 9.96. The highest BCUT2D eigenvalue weighted by Gasteiger charge is 2.15. The Kier molecular flexibility index (Phi) is 6.21. The second kappa shape index (κ2) is 9.21. The van der Waals surface area contributed by atoms with Gasteiger partial charge in [-0.1, -0.05) is 43.8 Å². The summed E-state index contributed by atoms with van der Waals surface area (Å²) in [6, 6.07) is 11.1. The zero-order chi connectivity index (χ0) is 21.8. The van der Waals surface area contributed by atoms with E-state index in [9.17, 15) is 4.79 Å². The van der Waals surface area contributed by atoms with Crippen molar-refractivity contribution in [1.29, 1.82) is 0 Å². The number of fused-ring (bicyclic) bond motifs is 1. The van der Waals surface area contributed by atoms with Crippen molar-refractivity contribution in [2.24, 2.45) is 5.92 Å². The summed E-state index contributed by atoms with van der Waals surface area (Å²) in [4.78, 5) is 20.7. The van der Waals surface area contributed by atoms with E-state index in [1.807, 2.05) is 30.3 Å². The topological polar surface area (TPSA) is 129 Å². The van der Waals surface area contributed by atoms with Gasteiger partial charge in [0.2, 0.25) is 5.95 Å².